The highest BCUT2D eigenvalue weighted by Crippen LogP contribution is 2.26. The Labute approximate surface area is 165 Å². The van der Waals surface area contributed by atoms with Crippen LogP contribution in [0.4, 0.5) is 5.69 Å². The summed E-state index contributed by atoms with van der Waals surface area (Å²) in [5.74, 6) is 0.363. The van der Waals surface area contributed by atoms with Gasteiger partial charge < -0.3 is 4.90 Å². The molecule has 2 aromatic carbocycles. The minimum Gasteiger partial charge on any atom is -0.338 e. The Morgan fingerprint density at radius 1 is 1.19 bits per heavy atom. The lowest BCUT2D eigenvalue weighted by molar-refractivity contribution is 0.0683. The second-order valence-electron chi connectivity index (χ2n) is 7.11. The molecule has 27 heavy (non-hydrogen) atoms. The third-order valence-corrected chi connectivity index (χ3v) is 6.44. The van der Waals surface area contributed by atoms with Gasteiger partial charge in [-0.05, 0) is 56.0 Å². The van der Waals surface area contributed by atoms with Gasteiger partial charge in [0.25, 0.3) is 15.9 Å². The molecule has 1 N–H and O–H groups in total. The number of nitrogens with one attached hydrogen (secondary N) is 1. The summed E-state index contributed by atoms with van der Waals surface area (Å²) in [6.45, 7) is 5.46. The minimum absolute atomic E-state index is 0.112. The first-order chi connectivity index (χ1) is 12.8. The summed E-state index contributed by atoms with van der Waals surface area (Å²) in [4.78, 5) is 14.7. The number of amides is 1. The summed E-state index contributed by atoms with van der Waals surface area (Å²) in [5, 5.41) is 0.238. The van der Waals surface area contributed by atoms with Crippen molar-refractivity contribution in [2.24, 2.45) is 5.92 Å². The van der Waals surface area contributed by atoms with Gasteiger partial charge >= 0.3 is 0 Å². The molecule has 3 rings (SSSR count). The molecule has 0 radical (unpaired) electrons. The van der Waals surface area contributed by atoms with E-state index in [1.165, 1.54) is 6.07 Å². The molecule has 1 amide bonds. The van der Waals surface area contributed by atoms with Crippen molar-refractivity contribution in [3.8, 4) is 0 Å². The maximum absolute atomic E-state index is 12.7. The molecule has 0 saturated carbocycles. The van der Waals surface area contributed by atoms with E-state index in [1.54, 1.807) is 36.4 Å². The van der Waals surface area contributed by atoms with Crippen molar-refractivity contribution in [2.75, 3.05) is 17.8 Å². The normalized spacial score (nSPS) is 17.6. The Morgan fingerprint density at radius 2 is 1.89 bits per heavy atom. The van der Waals surface area contributed by atoms with Crippen LogP contribution in [0.5, 0.6) is 0 Å². The first-order valence-corrected chi connectivity index (χ1v) is 10.8. The fourth-order valence-electron chi connectivity index (χ4n) is 3.23. The first kappa shape index (κ1) is 19.7. The molecule has 0 aliphatic carbocycles. The van der Waals surface area contributed by atoms with Gasteiger partial charge in [-0.15, -0.1) is 0 Å². The van der Waals surface area contributed by atoms with Gasteiger partial charge in [-0.1, -0.05) is 36.2 Å². The number of hydrogen-bond acceptors (Lipinski definition) is 3. The molecule has 5 nitrogen and oxygen atoms in total. The SMILES string of the molecule is Cc1ccc(S(=O)(=O)Nc2ccc(C(=O)N3CCC[C@H](C)C3)c(Cl)c2)cc1. The van der Waals surface area contributed by atoms with Gasteiger partial charge in [-0.3, -0.25) is 9.52 Å². The monoisotopic (exact) mass is 406 g/mol. The molecule has 7 heteroatoms. The van der Waals surface area contributed by atoms with Crippen molar-refractivity contribution in [3.05, 3.63) is 58.6 Å². The first-order valence-electron chi connectivity index (χ1n) is 8.94. The number of nitrogens with zero attached hydrogens (tertiary/aromatic N) is 1. The summed E-state index contributed by atoms with van der Waals surface area (Å²) in [5.41, 5.74) is 1.69. The summed E-state index contributed by atoms with van der Waals surface area (Å²) in [7, 11) is -3.71. The summed E-state index contributed by atoms with van der Waals surface area (Å²) >= 11 is 6.29. The van der Waals surface area contributed by atoms with Gasteiger partial charge in [0.15, 0.2) is 0 Å². The van der Waals surface area contributed by atoms with E-state index in [0.717, 1.165) is 31.5 Å². The van der Waals surface area contributed by atoms with Crippen LogP contribution in [-0.2, 0) is 10.0 Å². The predicted octanol–water partition coefficient (Wildman–Crippen LogP) is 4.32. The van der Waals surface area contributed by atoms with E-state index in [4.69, 9.17) is 11.6 Å². The molecule has 1 atom stereocenters. The highest BCUT2D eigenvalue weighted by molar-refractivity contribution is 7.92. The lowest BCUT2D eigenvalue weighted by Gasteiger charge is -2.31. The number of carbonyl (C=O) groups excluding carboxylic acids is 1. The lowest BCUT2D eigenvalue weighted by Crippen LogP contribution is -2.39. The Bertz CT molecular complexity index is 942. The molecule has 0 unspecified atom stereocenters. The van der Waals surface area contributed by atoms with Crippen LogP contribution < -0.4 is 4.72 Å². The number of carbonyl (C=O) groups is 1. The second-order valence-corrected chi connectivity index (χ2v) is 9.20. The zero-order chi connectivity index (χ0) is 19.6. The van der Waals surface area contributed by atoms with Gasteiger partial charge in [-0.25, -0.2) is 8.42 Å². The van der Waals surface area contributed by atoms with E-state index >= 15 is 0 Å². The standard InChI is InChI=1S/C20H23ClN2O3S/c1-14-5-8-17(9-6-14)27(25,26)22-16-7-10-18(19(21)12-16)20(24)23-11-3-4-15(2)13-23/h5-10,12,15,22H,3-4,11,13H2,1-2H3/t15-/m0/s1. The molecule has 1 saturated heterocycles. The zero-order valence-electron chi connectivity index (χ0n) is 15.4. The number of sulfonamides is 1. The predicted molar refractivity (Wildman–Crippen MR) is 108 cm³/mol. The van der Waals surface area contributed by atoms with Crippen LogP contribution >= 0.6 is 11.6 Å². The molecule has 1 heterocycles. The van der Waals surface area contributed by atoms with Crippen LogP contribution in [0, 0.1) is 12.8 Å². The van der Waals surface area contributed by atoms with Crippen LogP contribution in [0.1, 0.15) is 35.7 Å². The van der Waals surface area contributed by atoms with E-state index in [2.05, 4.69) is 11.6 Å². The molecule has 0 bridgehead atoms. The third kappa shape index (κ3) is 4.62. The van der Waals surface area contributed by atoms with Gasteiger partial charge in [0.2, 0.25) is 0 Å². The minimum atomic E-state index is -3.71. The number of piperidine rings is 1. The van der Waals surface area contributed by atoms with Crippen molar-refractivity contribution < 1.29 is 13.2 Å². The number of aryl methyl sites for hydroxylation is 1. The number of likely N-dealkylation sites (tertiary alicyclic amines) is 1. The maximum Gasteiger partial charge on any atom is 0.261 e. The molecular weight excluding hydrogens is 384 g/mol. The maximum atomic E-state index is 12.7. The molecule has 0 spiro atoms. The quantitative estimate of drug-likeness (QED) is 0.822. The van der Waals surface area contributed by atoms with Crippen LogP contribution in [-0.4, -0.2) is 32.3 Å². The van der Waals surface area contributed by atoms with Gasteiger partial charge in [0.05, 0.1) is 21.2 Å². The molecule has 1 aliphatic rings. The summed E-state index contributed by atoms with van der Waals surface area (Å²) in [6, 6.07) is 11.2. The topological polar surface area (TPSA) is 66.5 Å². The molecule has 0 aromatic heterocycles. The van der Waals surface area contributed by atoms with Gasteiger partial charge in [0, 0.05) is 13.1 Å². The smallest absolute Gasteiger partial charge is 0.261 e. The van der Waals surface area contributed by atoms with Crippen molar-refractivity contribution in [1.82, 2.24) is 4.90 Å². The van der Waals surface area contributed by atoms with Crippen molar-refractivity contribution >= 4 is 33.2 Å². The van der Waals surface area contributed by atoms with E-state index in [1.807, 2.05) is 11.8 Å². The largest absolute Gasteiger partial charge is 0.338 e. The molecule has 1 aliphatic heterocycles. The number of hydrogen-bond donors (Lipinski definition) is 1. The van der Waals surface area contributed by atoms with Gasteiger partial charge in [0.1, 0.15) is 0 Å². The Hall–Kier alpha value is -2.05. The van der Waals surface area contributed by atoms with Crippen molar-refractivity contribution in [2.45, 2.75) is 31.6 Å². The van der Waals surface area contributed by atoms with Crippen molar-refractivity contribution in [1.29, 1.82) is 0 Å². The number of halogens is 1. The van der Waals surface area contributed by atoms with E-state index in [9.17, 15) is 13.2 Å². The third-order valence-electron chi connectivity index (χ3n) is 4.73. The van der Waals surface area contributed by atoms with E-state index < -0.39 is 10.0 Å². The van der Waals surface area contributed by atoms with Crippen LogP contribution in [0.3, 0.4) is 0 Å². The van der Waals surface area contributed by atoms with E-state index in [0.29, 0.717) is 17.2 Å². The van der Waals surface area contributed by atoms with Gasteiger partial charge in [-0.2, -0.15) is 0 Å². The Kier molecular flexibility index (Phi) is 5.77. The molecule has 144 valence electrons. The molecule has 2 aromatic rings. The highest BCUT2D eigenvalue weighted by atomic mass is 35.5. The fourth-order valence-corrected chi connectivity index (χ4v) is 4.54. The number of rotatable bonds is 4. The Balaban J connectivity index is 1.78. The fraction of sp³-hybridized carbons (Fsp3) is 0.350. The molecule has 1 fully saturated rings. The van der Waals surface area contributed by atoms with Crippen LogP contribution in [0.2, 0.25) is 5.02 Å². The van der Waals surface area contributed by atoms with E-state index in [-0.39, 0.29) is 15.8 Å². The highest BCUT2D eigenvalue weighted by Gasteiger charge is 2.24. The van der Waals surface area contributed by atoms with Crippen LogP contribution in [0.25, 0.3) is 0 Å². The second kappa shape index (κ2) is 7.90. The Morgan fingerprint density at radius 3 is 2.52 bits per heavy atom. The lowest BCUT2D eigenvalue weighted by atomic mass is 9.99. The van der Waals surface area contributed by atoms with Crippen molar-refractivity contribution in [3.63, 3.8) is 0 Å². The number of anilines is 1. The average Bonchev–Trinajstić information content (AvgIpc) is 2.61. The number of benzene rings is 2. The van der Waals surface area contributed by atoms with Crippen LogP contribution in [0.15, 0.2) is 47.4 Å². The summed E-state index contributed by atoms with van der Waals surface area (Å²) < 4.78 is 27.5. The zero-order valence-corrected chi connectivity index (χ0v) is 17.0. The summed E-state index contributed by atoms with van der Waals surface area (Å²) in [6.07, 6.45) is 2.11. The molecular formula is C20H23ClN2O3S. The average molecular weight is 407 g/mol.